The summed E-state index contributed by atoms with van der Waals surface area (Å²) in [5.74, 6) is 2.76. The zero-order valence-corrected chi connectivity index (χ0v) is 15.7. The lowest BCUT2D eigenvalue weighted by Gasteiger charge is -2.36. The Hall–Kier alpha value is -0.910. The molecule has 1 saturated heterocycles. The van der Waals surface area contributed by atoms with Crippen molar-refractivity contribution in [3.8, 4) is 0 Å². The molecule has 1 fully saturated rings. The molecule has 0 spiro atoms. The Balaban J connectivity index is 2.79. The molecule has 0 aromatic rings. The third-order valence-corrected chi connectivity index (χ3v) is 5.48. The fraction of sp³-hybridized carbons (Fsp3) is 0.875. The minimum absolute atomic E-state index is 0.0290. The van der Waals surface area contributed by atoms with E-state index in [1.54, 1.807) is 7.05 Å². The maximum atomic E-state index is 11.9. The summed E-state index contributed by atoms with van der Waals surface area (Å²) in [4.78, 5) is 19.0. The van der Waals surface area contributed by atoms with Gasteiger partial charge < -0.3 is 15.5 Å². The van der Waals surface area contributed by atoms with Gasteiger partial charge in [0.05, 0.1) is 12.0 Å². The fourth-order valence-corrected chi connectivity index (χ4v) is 3.68. The molecule has 0 saturated carbocycles. The molecule has 1 unspecified atom stereocenters. The molecule has 0 aromatic heterocycles. The van der Waals surface area contributed by atoms with Crippen LogP contribution < -0.4 is 10.6 Å². The standard InChI is InChI=1S/C16H32N4OS/c1-7-18-15(19-11-16(4,5)14(21)17-6)20-8-9-22-13(10-20)12(2)3/h12-13H,7-11H2,1-6H3,(H,17,21)(H,18,19). The van der Waals surface area contributed by atoms with E-state index in [1.807, 2.05) is 13.8 Å². The molecule has 0 aliphatic carbocycles. The Labute approximate surface area is 139 Å². The lowest BCUT2D eigenvalue weighted by molar-refractivity contribution is -0.128. The first kappa shape index (κ1) is 19.1. The zero-order chi connectivity index (χ0) is 16.8. The van der Waals surface area contributed by atoms with Gasteiger partial charge in [-0.05, 0) is 26.7 Å². The van der Waals surface area contributed by atoms with Gasteiger partial charge in [-0.15, -0.1) is 0 Å². The van der Waals surface area contributed by atoms with Gasteiger partial charge >= 0.3 is 0 Å². The highest BCUT2D eigenvalue weighted by Gasteiger charge is 2.28. The molecule has 0 radical (unpaired) electrons. The second-order valence-corrected chi connectivity index (χ2v) is 8.08. The van der Waals surface area contributed by atoms with Crippen LogP contribution in [0.2, 0.25) is 0 Å². The van der Waals surface area contributed by atoms with E-state index in [-0.39, 0.29) is 5.91 Å². The second-order valence-electron chi connectivity index (χ2n) is 6.73. The van der Waals surface area contributed by atoms with E-state index >= 15 is 0 Å². The summed E-state index contributed by atoms with van der Waals surface area (Å²) in [6, 6.07) is 0. The highest BCUT2D eigenvalue weighted by Crippen LogP contribution is 2.25. The Morgan fingerprint density at radius 2 is 2.14 bits per heavy atom. The molecule has 6 heteroatoms. The average Bonchev–Trinajstić information content (AvgIpc) is 2.50. The van der Waals surface area contributed by atoms with Crippen LogP contribution in [-0.4, -0.2) is 61.0 Å². The van der Waals surface area contributed by atoms with E-state index in [4.69, 9.17) is 4.99 Å². The van der Waals surface area contributed by atoms with Crippen molar-refractivity contribution in [1.29, 1.82) is 0 Å². The third-order valence-electron chi connectivity index (χ3n) is 3.94. The van der Waals surface area contributed by atoms with Crippen LogP contribution in [-0.2, 0) is 4.79 Å². The van der Waals surface area contributed by atoms with Crippen LogP contribution in [0.4, 0.5) is 0 Å². The Kier molecular flexibility index (Phi) is 7.53. The number of carbonyl (C=O) groups excluding carboxylic acids is 1. The van der Waals surface area contributed by atoms with Gasteiger partial charge in [0.25, 0.3) is 0 Å². The monoisotopic (exact) mass is 328 g/mol. The molecular formula is C16H32N4OS. The molecular weight excluding hydrogens is 296 g/mol. The van der Waals surface area contributed by atoms with Crippen LogP contribution in [0.25, 0.3) is 0 Å². The molecule has 1 atom stereocenters. The molecule has 22 heavy (non-hydrogen) atoms. The van der Waals surface area contributed by atoms with E-state index in [2.05, 4.69) is 48.1 Å². The first-order valence-electron chi connectivity index (χ1n) is 8.18. The quantitative estimate of drug-likeness (QED) is 0.597. The zero-order valence-electron chi connectivity index (χ0n) is 14.9. The van der Waals surface area contributed by atoms with Gasteiger partial charge in [-0.3, -0.25) is 9.79 Å². The van der Waals surface area contributed by atoms with Crippen LogP contribution in [0.1, 0.15) is 34.6 Å². The van der Waals surface area contributed by atoms with Crippen molar-refractivity contribution in [2.75, 3.05) is 39.0 Å². The molecule has 1 amide bonds. The van der Waals surface area contributed by atoms with Gasteiger partial charge in [-0.1, -0.05) is 13.8 Å². The molecule has 128 valence electrons. The minimum atomic E-state index is -0.489. The number of nitrogens with one attached hydrogen (secondary N) is 2. The van der Waals surface area contributed by atoms with Crippen molar-refractivity contribution in [3.05, 3.63) is 0 Å². The van der Waals surface area contributed by atoms with Crippen molar-refractivity contribution < 1.29 is 4.79 Å². The number of hydrogen-bond acceptors (Lipinski definition) is 3. The Morgan fingerprint density at radius 1 is 1.45 bits per heavy atom. The van der Waals surface area contributed by atoms with Crippen LogP contribution >= 0.6 is 11.8 Å². The lowest BCUT2D eigenvalue weighted by atomic mass is 9.93. The summed E-state index contributed by atoms with van der Waals surface area (Å²) >= 11 is 2.05. The summed E-state index contributed by atoms with van der Waals surface area (Å²) in [6.07, 6.45) is 0. The number of thioether (sulfide) groups is 1. The number of rotatable bonds is 5. The first-order valence-corrected chi connectivity index (χ1v) is 9.23. The summed E-state index contributed by atoms with van der Waals surface area (Å²) in [5.41, 5.74) is -0.489. The highest BCUT2D eigenvalue weighted by molar-refractivity contribution is 8.00. The Morgan fingerprint density at radius 3 is 2.68 bits per heavy atom. The van der Waals surface area contributed by atoms with E-state index in [0.717, 1.165) is 31.3 Å². The minimum Gasteiger partial charge on any atom is -0.359 e. The SMILES string of the molecule is CCNC(=NCC(C)(C)C(=O)NC)N1CCSC(C(C)C)C1. The van der Waals surface area contributed by atoms with Gasteiger partial charge in [0.15, 0.2) is 5.96 Å². The molecule has 0 bridgehead atoms. The molecule has 1 aliphatic heterocycles. The summed E-state index contributed by atoms with van der Waals surface area (Å²) in [5, 5.41) is 6.74. The van der Waals surface area contributed by atoms with Crippen molar-refractivity contribution in [1.82, 2.24) is 15.5 Å². The van der Waals surface area contributed by atoms with Crippen molar-refractivity contribution in [2.45, 2.75) is 39.9 Å². The molecule has 1 aliphatic rings. The number of hydrogen-bond donors (Lipinski definition) is 2. The van der Waals surface area contributed by atoms with Crippen molar-refractivity contribution in [3.63, 3.8) is 0 Å². The third kappa shape index (κ3) is 5.38. The van der Waals surface area contributed by atoms with Gasteiger partial charge in [-0.2, -0.15) is 11.8 Å². The summed E-state index contributed by atoms with van der Waals surface area (Å²) in [6.45, 7) is 13.9. The van der Waals surface area contributed by atoms with E-state index in [9.17, 15) is 4.79 Å². The second kappa shape index (κ2) is 8.65. The molecule has 2 N–H and O–H groups in total. The van der Waals surface area contributed by atoms with Crippen molar-refractivity contribution in [2.24, 2.45) is 16.3 Å². The molecule has 1 heterocycles. The predicted molar refractivity (Wildman–Crippen MR) is 96.5 cm³/mol. The average molecular weight is 329 g/mol. The van der Waals surface area contributed by atoms with Gasteiger partial charge in [0, 0.05) is 37.7 Å². The van der Waals surface area contributed by atoms with Gasteiger partial charge in [-0.25, -0.2) is 0 Å². The van der Waals surface area contributed by atoms with Crippen LogP contribution in [0, 0.1) is 11.3 Å². The number of guanidine groups is 1. The smallest absolute Gasteiger partial charge is 0.227 e. The number of amides is 1. The van der Waals surface area contributed by atoms with E-state index in [1.165, 1.54) is 0 Å². The maximum absolute atomic E-state index is 11.9. The van der Waals surface area contributed by atoms with E-state index < -0.39 is 5.41 Å². The lowest BCUT2D eigenvalue weighted by Crippen LogP contribution is -2.49. The molecule has 1 rings (SSSR count). The fourth-order valence-electron chi connectivity index (χ4n) is 2.38. The predicted octanol–water partition coefficient (Wildman–Crippen LogP) is 1.80. The highest BCUT2D eigenvalue weighted by atomic mass is 32.2. The maximum Gasteiger partial charge on any atom is 0.227 e. The molecule has 5 nitrogen and oxygen atoms in total. The van der Waals surface area contributed by atoms with E-state index in [0.29, 0.717) is 17.7 Å². The van der Waals surface area contributed by atoms with Gasteiger partial charge in [0.1, 0.15) is 0 Å². The normalized spacial score (nSPS) is 20.2. The van der Waals surface area contributed by atoms with Crippen molar-refractivity contribution >= 4 is 23.6 Å². The number of carbonyl (C=O) groups is 1. The summed E-state index contributed by atoms with van der Waals surface area (Å²) < 4.78 is 0. The molecule has 0 aromatic carbocycles. The first-order chi connectivity index (χ1) is 10.3. The number of nitrogens with zero attached hydrogens (tertiary/aromatic N) is 2. The Bertz CT molecular complexity index is 396. The van der Waals surface area contributed by atoms with Gasteiger partial charge in [0.2, 0.25) is 5.91 Å². The topological polar surface area (TPSA) is 56.7 Å². The van der Waals surface area contributed by atoms with Crippen LogP contribution in [0.3, 0.4) is 0 Å². The number of aliphatic imine (C=N–C) groups is 1. The van der Waals surface area contributed by atoms with Crippen LogP contribution in [0.5, 0.6) is 0 Å². The largest absolute Gasteiger partial charge is 0.359 e. The van der Waals surface area contributed by atoms with Crippen LogP contribution in [0.15, 0.2) is 4.99 Å². The summed E-state index contributed by atoms with van der Waals surface area (Å²) in [7, 11) is 1.67.